The van der Waals surface area contributed by atoms with E-state index in [1.807, 2.05) is 36.4 Å². The molecule has 0 atom stereocenters. The van der Waals surface area contributed by atoms with Gasteiger partial charge in [0, 0.05) is 25.2 Å². The van der Waals surface area contributed by atoms with Crippen molar-refractivity contribution in [2.24, 2.45) is 0 Å². The second kappa shape index (κ2) is 8.52. The fraction of sp³-hybridized carbons (Fsp3) is 0.316. The van der Waals surface area contributed by atoms with Gasteiger partial charge in [-0.15, -0.1) is 0 Å². The number of carbonyl (C=O) groups excluding carboxylic acids is 1. The van der Waals surface area contributed by atoms with Gasteiger partial charge in [0.2, 0.25) is 0 Å². The van der Waals surface area contributed by atoms with Gasteiger partial charge in [0.25, 0.3) is 0 Å². The van der Waals surface area contributed by atoms with Crippen LogP contribution in [0.5, 0.6) is 11.5 Å². The molecule has 0 aliphatic carbocycles. The van der Waals surface area contributed by atoms with Crippen molar-refractivity contribution in [3.05, 3.63) is 57.6 Å². The summed E-state index contributed by atoms with van der Waals surface area (Å²) in [5.41, 5.74) is 1.96. The summed E-state index contributed by atoms with van der Waals surface area (Å²) in [4.78, 5) is 13.8. The molecule has 0 unspecified atom stereocenters. The molecular weight excluding hydrogens is 375 g/mol. The molecule has 2 amide bonds. The zero-order chi connectivity index (χ0) is 18.5. The Morgan fingerprint density at radius 1 is 1.15 bits per heavy atom. The maximum atomic E-state index is 12.2. The lowest BCUT2D eigenvalue weighted by Crippen LogP contribution is -2.37. The first kappa shape index (κ1) is 18.7. The number of fused-ring (bicyclic) bond motifs is 1. The summed E-state index contributed by atoms with van der Waals surface area (Å²) in [6, 6.07) is 11.1. The standard InChI is InChI=1S/C19H20Cl2N2O3/c1-23(12-14-3-2-4-15(20)9-14)19(24)22-6-5-13-10-16(21)18-17(11-13)25-7-8-26-18/h2-4,9-11H,5-8,12H2,1H3,(H,22,24). The highest BCUT2D eigenvalue weighted by molar-refractivity contribution is 6.32. The third-order valence-electron chi connectivity index (χ3n) is 4.00. The number of carbonyl (C=O) groups is 1. The van der Waals surface area contributed by atoms with E-state index in [1.54, 1.807) is 11.9 Å². The van der Waals surface area contributed by atoms with Crippen molar-refractivity contribution in [3.63, 3.8) is 0 Å². The molecule has 0 bridgehead atoms. The fourth-order valence-electron chi connectivity index (χ4n) is 2.74. The minimum atomic E-state index is -0.145. The van der Waals surface area contributed by atoms with Crippen LogP contribution in [-0.4, -0.2) is 37.7 Å². The van der Waals surface area contributed by atoms with Gasteiger partial charge in [-0.3, -0.25) is 0 Å². The van der Waals surface area contributed by atoms with Crippen molar-refractivity contribution < 1.29 is 14.3 Å². The topological polar surface area (TPSA) is 50.8 Å². The van der Waals surface area contributed by atoms with Crippen LogP contribution >= 0.6 is 23.2 Å². The smallest absolute Gasteiger partial charge is 0.317 e. The first-order chi connectivity index (χ1) is 12.5. The summed E-state index contributed by atoms with van der Waals surface area (Å²) in [6.07, 6.45) is 0.646. The lowest BCUT2D eigenvalue weighted by molar-refractivity contribution is 0.171. The molecule has 2 aromatic rings. The van der Waals surface area contributed by atoms with Crippen molar-refractivity contribution in [2.75, 3.05) is 26.8 Å². The molecule has 0 saturated heterocycles. The molecule has 138 valence electrons. The van der Waals surface area contributed by atoms with E-state index >= 15 is 0 Å². The summed E-state index contributed by atoms with van der Waals surface area (Å²) < 4.78 is 11.1. The minimum Gasteiger partial charge on any atom is -0.486 e. The quantitative estimate of drug-likeness (QED) is 0.828. The van der Waals surface area contributed by atoms with Crippen LogP contribution in [0.1, 0.15) is 11.1 Å². The lowest BCUT2D eigenvalue weighted by Gasteiger charge is -2.21. The van der Waals surface area contributed by atoms with Crippen LogP contribution in [0.15, 0.2) is 36.4 Å². The average molecular weight is 395 g/mol. The maximum Gasteiger partial charge on any atom is 0.317 e. The Hall–Kier alpha value is -2.11. The summed E-state index contributed by atoms with van der Waals surface area (Å²) in [7, 11) is 1.75. The Kier molecular flexibility index (Phi) is 6.12. The van der Waals surface area contributed by atoms with Gasteiger partial charge in [0.05, 0.1) is 5.02 Å². The highest BCUT2D eigenvalue weighted by atomic mass is 35.5. The molecule has 1 aliphatic rings. The predicted molar refractivity (Wildman–Crippen MR) is 102 cm³/mol. The monoisotopic (exact) mass is 394 g/mol. The molecule has 26 heavy (non-hydrogen) atoms. The molecule has 1 aliphatic heterocycles. The van der Waals surface area contributed by atoms with Gasteiger partial charge in [-0.2, -0.15) is 0 Å². The Morgan fingerprint density at radius 3 is 2.77 bits per heavy atom. The van der Waals surface area contributed by atoms with E-state index < -0.39 is 0 Å². The molecule has 0 spiro atoms. The number of hydrogen-bond donors (Lipinski definition) is 1. The molecule has 3 rings (SSSR count). The van der Waals surface area contributed by atoms with Gasteiger partial charge in [-0.05, 0) is 41.8 Å². The van der Waals surface area contributed by atoms with Crippen LogP contribution in [0.2, 0.25) is 10.0 Å². The van der Waals surface area contributed by atoms with Gasteiger partial charge in [0.1, 0.15) is 13.2 Å². The van der Waals surface area contributed by atoms with E-state index in [4.69, 9.17) is 32.7 Å². The first-order valence-corrected chi connectivity index (χ1v) is 9.10. The van der Waals surface area contributed by atoms with Crippen molar-refractivity contribution in [1.29, 1.82) is 0 Å². The van der Waals surface area contributed by atoms with E-state index in [9.17, 15) is 4.79 Å². The number of nitrogens with zero attached hydrogens (tertiary/aromatic N) is 1. The third kappa shape index (κ3) is 4.74. The number of amides is 2. The third-order valence-corrected chi connectivity index (χ3v) is 4.52. The molecule has 0 saturated carbocycles. The summed E-state index contributed by atoms with van der Waals surface area (Å²) in [5.74, 6) is 1.25. The Bertz CT molecular complexity index is 798. The molecule has 1 N–H and O–H groups in total. The number of hydrogen-bond acceptors (Lipinski definition) is 3. The van der Waals surface area contributed by atoms with Crippen molar-refractivity contribution in [3.8, 4) is 11.5 Å². The molecule has 0 radical (unpaired) electrons. The van der Waals surface area contributed by atoms with E-state index in [0.717, 1.165) is 11.1 Å². The summed E-state index contributed by atoms with van der Waals surface area (Å²) in [6.45, 7) is 2.00. The number of rotatable bonds is 5. The molecule has 2 aromatic carbocycles. The highest BCUT2D eigenvalue weighted by Gasteiger charge is 2.16. The van der Waals surface area contributed by atoms with E-state index in [-0.39, 0.29) is 6.03 Å². The predicted octanol–water partition coefficient (Wildman–Crippen LogP) is 4.15. The molecule has 1 heterocycles. The normalized spacial score (nSPS) is 12.6. The van der Waals surface area contributed by atoms with Crippen LogP contribution in [0, 0.1) is 0 Å². The van der Waals surface area contributed by atoms with Crippen molar-refractivity contribution >= 4 is 29.2 Å². The average Bonchev–Trinajstić information content (AvgIpc) is 2.61. The van der Waals surface area contributed by atoms with Gasteiger partial charge in [-0.25, -0.2) is 4.79 Å². The number of nitrogens with one attached hydrogen (secondary N) is 1. The van der Waals surface area contributed by atoms with Gasteiger partial charge >= 0.3 is 6.03 Å². The number of urea groups is 1. The molecule has 0 aromatic heterocycles. The molecule has 0 fully saturated rings. The zero-order valence-electron chi connectivity index (χ0n) is 14.4. The largest absolute Gasteiger partial charge is 0.486 e. The maximum absolute atomic E-state index is 12.2. The van der Waals surface area contributed by atoms with Gasteiger partial charge in [0.15, 0.2) is 11.5 Å². The van der Waals surface area contributed by atoms with Gasteiger partial charge < -0.3 is 19.7 Å². The SMILES string of the molecule is CN(Cc1cccc(Cl)c1)C(=O)NCCc1cc(Cl)c2c(c1)OCCO2. The van der Waals surface area contributed by atoms with E-state index in [0.29, 0.717) is 54.3 Å². The number of benzene rings is 2. The second-order valence-corrected chi connectivity index (χ2v) is 6.91. The summed E-state index contributed by atoms with van der Waals surface area (Å²) in [5, 5.41) is 4.09. The van der Waals surface area contributed by atoms with Crippen LogP contribution in [0.4, 0.5) is 4.79 Å². The molecule has 5 nitrogen and oxygen atoms in total. The Balaban J connectivity index is 1.51. The number of ether oxygens (including phenoxy) is 2. The van der Waals surface area contributed by atoms with E-state index in [1.165, 1.54) is 0 Å². The lowest BCUT2D eigenvalue weighted by atomic mass is 10.1. The van der Waals surface area contributed by atoms with Crippen LogP contribution in [-0.2, 0) is 13.0 Å². The van der Waals surface area contributed by atoms with Crippen molar-refractivity contribution in [2.45, 2.75) is 13.0 Å². The first-order valence-electron chi connectivity index (χ1n) is 8.34. The van der Waals surface area contributed by atoms with E-state index in [2.05, 4.69) is 5.32 Å². The minimum absolute atomic E-state index is 0.145. The van der Waals surface area contributed by atoms with Crippen LogP contribution in [0.25, 0.3) is 0 Å². The highest BCUT2D eigenvalue weighted by Crippen LogP contribution is 2.38. The Morgan fingerprint density at radius 2 is 1.96 bits per heavy atom. The zero-order valence-corrected chi connectivity index (χ0v) is 15.9. The fourth-order valence-corrected chi connectivity index (χ4v) is 3.24. The van der Waals surface area contributed by atoms with Gasteiger partial charge in [-0.1, -0.05) is 35.3 Å². The second-order valence-electron chi connectivity index (χ2n) is 6.07. The van der Waals surface area contributed by atoms with Crippen molar-refractivity contribution in [1.82, 2.24) is 10.2 Å². The molecule has 7 heteroatoms. The number of halogens is 2. The van der Waals surface area contributed by atoms with Crippen LogP contribution < -0.4 is 14.8 Å². The Labute approximate surface area is 162 Å². The molecular formula is C19H20Cl2N2O3. The summed E-state index contributed by atoms with van der Waals surface area (Å²) >= 11 is 12.2. The van der Waals surface area contributed by atoms with Crippen LogP contribution in [0.3, 0.4) is 0 Å².